The molecule has 1 aromatic carbocycles. The molecule has 0 aromatic heterocycles. The zero-order valence-electron chi connectivity index (χ0n) is 20.5. The molecule has 1 aliphatic rings. The lowest BCUT2D eigenvalue weighted by Gasteiger charge is -2.24. The van der Waals surface area contributed by atoms with Crippen molar-refractivity contribution >= 4 is 41.9 Å². The van der Waals surface area contributed by atoms with Crippen LogP contribution in [0.1, 0.15) is 26.3 Å². The number of hydrogen-bond acceptors (Lipinski definition) is 5. The number of halogens is 1. The minimum absolute atomic E-state index is 0. The molecular weight excluding hydrogens is 537 g/mol. The van der Waals surface area contributed by atoms with E-state index in [0.717, 1.165) is 6.42 Å². The first kappa shape index (κ1) is 29.0. The molecule has 0 saturated carbocycles. The lowest BCUT2D eigenvalue weighted by molar-refractivity contribution is -0.127. The molecule has 9 nitrogen and oxygen atoms in total. The number of benzene rings is 1. The highest BCUT2D eigenvalue weighted by molar-refractivity contribution is 14.0. The molecule has 0 aliphatic carbocycles. The van der Waals surface area contributed by atoms with E-state index in [4.69, 9.17) is 9.47 Å². The molecule has 1 unspecified atom stereocenters. The van der Waals surface area contributed by atoms with Crippen molar-refractivity contribution in [2.45, 2.75) is 44.9 Å². The van der Waals surface area contributed by atoms with Crippen molar-refractivity contribution in [2.75, 3.05) is 47.4 Å². The molecule has 1 aliphatic heterocycles. The number of aliphatic imine (C=N–C) groups is 1. The summed E-state index contributed by atoms with van der Waals surface area (Å²) in [5.41, 5.74) is 0.638. The third kappa shape index (κ3) is 10.2. The van der Waals surface area contributed by atoms with E-state index in [0.29, 0.717) is 25.6 Å². The zero-order chi connectivity index (χ0) is 23.7. The van der Waals surface area contributed by atoms with E-state index in [9.17, 15) is 9.59 Å². The summed E-state index contributed by atoms with van der Waals surface area (Å²) in [7, 11) is 5.02. The van der Waals surface area contributed by atoms with Crippen LogP contribution in [-0.2, 0) is 20.7 Å². The number of rotatable bonds is 7. The van der Waals surface area contributed by atoms with Gasteiger partial charge >= 0.3 is 6.09 Å². The fourth-order valence-corrected chi connectivity index (χ4v) is 3.21. The van der Waals surface area contributed by atoms with Gasteiger partial charge in [0, 0.05) is 34.3 Å². The summed E-state index contributed by atoms with van der Waals surface area (Å²) in [6.07, 6.45) is 0.210. The first-order chi connectivity index (χ1) is 15.1. The minimum Gasteiger partial charge on any atom is -0.444 e. The van der Waals surface area contributed by atoms with Gasteiger partial charge in [-0.3, -0.25) is 4.79 Å². The van der Waals surface area contributed by atoms with E-state index in [1.165, 1.54) is 10.5 Å². The number of carbonyl (C=O) groups excluding carboxylic acids is 2. The van der Waals surface area contributed by atoms with E-state index in [-0.39, 0.29) is 54.7 Å². The van der Waals surface area contributed by atoms with E-state index in [1.807, 2.05) is 39.0 Å². The number of nitrogens with one attached hydrogen (secondary N) is 2. The number of likely N-dealkylation sites (tertiary alicyclic amines) is 1. The second-order valence-electron chi connectivity index (χ2n) is 9.03. The van der Waals surface area contributed by atoms with Crippen molar-refractivity contribution in [1.29, 1.82) is 0 Å². The van der Waals surface area contributed by atoms with Gasteiger partial charge in [-0.1, -0.05) is 30.3 Å². The molecular formula is C23H38IN5O4. The number of carbonyl (C=O) groups is 2. The van der Waals surface area contributed by atoms with Gasteiger partial charge in [0.25, 0.3) is 0 Å². The van der Waals surface area contributed by atoms with Gasteiger partial charge in [0.05, 0.1) is 18.7 Å². The highest BCUT2D eigenvalue weighted by Gasteiger charge is 2.37. The van der Waals surface area contributed by atoms with E-state index < -0.39 is 5.60 Å². The number of guanidine groups is 1. The summed E-state index contributed by atoms with van der Waals surface area (Å²) in [6, 6.07) is 9.94. The molecule has 2 rings (SSSR count). The second-order valence-corrected chi connectivity index (χ2v) is 9.03. The van der Waals surface area contributed by atoms with Crippen LogP contribution in [-0.4, -0.2) is 92.9 Å². The van der Waals surface area contributed by atoms with Gasteiger partial charge in [-0.2, -0.15) is 0 Å². The summed E-state index contributed by atoms with van der Waals surface area (Å²) in [4.78, 5) is 32.1. The molecule has 1 fully saturated rings. The van der Waals surface area contributed by atoms with Crippen LogP contribution in [0.15, 0.2) is 35.3 Å². The van der Waals surface area contributed by atoms with Gasteiger partial charge in [0.15, 0.2) is 5.96 Å². The number of nitrogens with zero attached hydrogens (tertiary/aromatic N) is 3. The van der Waals surface area contributed by atoms with Gasteiger partial charge in [0.2, 0.25) is 5.91 Å². The van der Waals surface area contributed by atoms with Crippen molar-refractivity contribution in [3.63, 3.8) is 0 Å². The van der Waals surface area contributed by atoms with Crippen molar-refractivity contribution in [3.8, 4) is 0 Å². The SMILES string of the molecule is CO[C@H]1CN(C(=O)OC(C)(C)C)CC1NC(=NCC(=O)N(C)C)NCCc1ccccc1.I. The van der Waals surface area contributed by atoms with Crippen molar-refractivity contribution < 1.29 is 19.1 Å². The molecule has 10 heteroatoms. The molecule has 1 aromatic rings. The molecule has 0 radical (unpaired) electrons. The molecule has 2 N–H and O–H groups in total. The standard InChI is InChI=1S/C23H37N5O4.HI/c1-23(2,3)32-22(30)28-15-18(19(16-28)31-6)26-21(25-14-20(29)27(4)5)24-13-12-17-10-8-7-9-11-17;/h7-11,18-19H,12-16H2,1-6H3,(H2,24,25,26);1H/t18?,19-;/m0./s1. The van der Waals surface area contributed by atoms with Crippen molar-refractivity contribution in [1.82, 2.24) is 20.4 Å². The van der Waals surface area contributed by atoms with Crippen LogP contribution >= 0.6 is 24.0 Å². The predicted octanol–water partition coefficient (Wildman–Crippen LogP) is 2.10. The van der Waals surface area contributed by atoms with Crippen molar-refractivity contribution in [2.24, 2.45) is 4.99 Å². The highest BCUT2D eigenvalue weighted by Crippen LogP contribution is 2.17. The van der Waals surface area contributed by atoms with Crippen LogP contribution in [0.2, 0.25) is 0 Å². The Morgan fingerprint density at radius 2 is 1.85 bits per heavy atom. The summed E-state index contributed by atoms with van der Waals surface area (Å²) in [6.45, 7) is 7.01. The van der Waals surface area contributed by atoms with Crippen molar-refractivity contribution in [3.05, 3.63) is 35.9 Å². The molecule has 1 heterocycles. The van der Waals surface area contributed by atoms with Gasteiger partial charge in [-0.05, 0) is 32.8 Å². The largest absolute Gasteiger partial charge is 0.444 e. The minimum atomic E-state index is -0.566. The number of hydrogen-bond donors (Lipinski definition) is 2. The van der Waals surface area contributed by atoms with Crippen LogP contribution in [0.3, 0.4) is 0 Å². The quantitative estimate of drug-likeness (QED) is 0.294. The number of amides is 2. The van der Waals surface area contributed by atoms with E-state index in [2.05, 4.69) is 27.8 Å². The molecule has 2 amide bonds. The molecule has 33 heavy (non-hydrogen) atoms. The maximum absolute atomic E-state index is 12.5. The van der Waals surface area contributed by atoms with Crippen LogP contribution in [0.4, 0.5) is 4.79 Å². The Morgan fingerprint density at radius 1 is 1.18 bits per heavy atom. The molecule has 0 bridgehead atoms. The topological polar surface area (TPSA) is 95.5 Å². The number of methoxy groups -OCH3 is 1. The maximum Gasteiger partial charge on any atom is 0.410 e. The third-order valence-corrected chi connectivity index (χ3v) is 4.96. The molecule has 1 saturated heterocycles. The predicted molar refractivity (Wildman–Crippen MR) is 140 cm³/mol. The molecule has 2 atom stereocenters. The monoisotopic (exact) mass is 575 g/mol. The summed E-state index contributed by atoms with van der Waals surface area (Å²) in [5, 5.41) is 6.63. The normalized spacial score (nSPS) is 18.4. The lowest BCUT2D eigenvalue weighted by Crippen LogP contribution is -2.50. The Balaban J connectivity index is 0.00000544. The average Bonchev–Trinajstić information content (AvgIpc) is 3.14. The first-order valence-electron chi connectivity index (χ1n) is 10.9. The second kappa shape index (κ2) is 13.6. The Bertz CT molecular complexity index is 783. The number of likely N-dealkylation sites (N-methyl/N-ethyl adjacent to an activating group) is 1. The fraction of sp³-hybridized carbons (Fsp3) is 0.609. The van der Waals surface area contributed by atoms with E-state index in [1.54, 1.807) is 26.1 Å². The molecule has 0 spiro atoms. The van der Waals surface area contributed by atoms with Crippen LogP contribution in [0.5, 0.6) is 0 Å². The Labute approximate surface area is 214 Å². The van der Waals surface area contributed by atoms with Gasteiger partial charge in [-0.25, -0.2) is 9.79 Å². The number of ether oxygens (including phenoxy) is 2. The maximum atomic E-state index is 12.5. The van der Waals surface area contributed by atoms with Gasteiger partial charge in [-0.15, -0.1) is 24.0 Å². The van der Waals surface area contributed by atoms with Gasteiger partial charge < -0.3 is 29.9 Å². The van der Waals surface area contributed by atoms with Crippen LogP contribution < -0.4 is 10.6 Å². The summed E-state index contributed by atoms with van der Waals surface area (Å²) >= 11 is 0. The fourth-order valence-electron chi connectivity index (χ4n) is 3.21. The average molecular weight is 575 g/mol. The highest BCUT2D eigenvalue weighted by atomic mass is 127. The summed E-state index contributed by atoms with van der Waals surface area (Å²) < 4.78 is 11.1. The van der Waals surface area contributed by atoms with E-state index >= 15 is 0 Å². The Hall–Kier alpha value is -2.08. The zero-order valence-corrected chi connectivity index (χ0v) is 22.8. The van der Waals surface area contributed by atoms with Gasteiger partial charge in [0.1, 0.15) is 12.1 Å². The third-order valence-electron chi connectivity index (χ3n) is 4.96. The molecule has 186 valence electrons. The Kier molecular flexibility index (Phi) is 11.9. The van der Waals surface area contributed by atoms with Crippen LogP contribution in [0.25, 0.3) is 0 Å². The lowest BCUT2D eigenvalue weighted by atomic mass is 10.1. The Morgan fingerprint density at radius 3 is 2.42 bits per heavy atom. The first-order valence-corrected chi connectivity index (χ1v) is 10.9. The summed E-state index contributed by atoms with van der Waals surface area (Å²) in [5.74, 6) is 0.411. The smallest absolute Gasteiger partial charge is 0.410 e. The van der Waals surface area contributed by atoms with Crippen LogP contribution in [0, 0.1) is 0 Å².